The van der Waals surface area contributed by atoms with Crippen LogP contribution in [0.15, 0.2) is 0 Å². The van der Waals surface area contributed by atoms with E-state index < -0.39 is 5.60 Å². The molecule has 16 heavy (non-hydrogen) atoms. The van der Waals surface area contributed by atoms with Crippen LogP contribution < -0.4 is 0 Å². The molecule has 90 valence electrons. The Balaban J connectivity index is 2.25. The van der Waals surface area contributed by atoms with Gasteiger partial charge in [-0.25, -0.2) is 0 Å². The van der Waals surface area contributed by atoms with E-state index in [1.54, 1.807) is 13.8 Å². The zero-order chi connectivity index (χ0) is 11.8. The van der Waals surface area contributed by atoms with E-state index >= 15 is 0 Å². The molecule has 0 aromatic carbocycles. The van der Waals surface area contributed by atoms with Crippen molar-refractivity contribution in [3.8, 4) is 0 Å². The van der Waals surface area contributed by atoms with E-state index in [0.29, 0.717) is 17.1 Å². The molecule has 2 rings (SSSR count). The molecule has 2 heterocycles. The van der Waals surface area contributed by atoms with Gasteiger partial charge in [0, 0.05) is 6.61 Å². The van der Waals surface area contributed by atoms with Gasteiger partial charge >= 0.3 is 0 Å². The highest BCUT2D eigenvalue weighted by Crippen LogP contribution is 2.20. The predicted molar refractivity (Wildman–Crippen MR) is 61.6 cm³/mol. The summed E-state index contributed by atoms with van der Waals surface area (Å²) >= 11 is 5.15. The maximum Gasteiger partial charge on any atom is 0.195 e. The van der Waals surface area contributed by atoms with Gasteiger partial charge < -0.3 is 9.84 Å². The van der Waals surface area contributed by atoms with Crippen LogP contribution in [0.5, 0.6) is 0 Å². The summed E-state index contributed by atoms with van der Waals surface area (Å²) in [4.78, 5) is 0. The molecular weight excluding hydrogens is 226 g/mol. The Morgan fingerprint density at radius 3 is 3.00 bits per heavy atom. The molecule has 1 saturated heterocycles. The van der Waals surface area contributed by atoms with Crippen molar-refractivity contribution in [2.45, 2.75) is 44.9 Å². The van der Waals surface area contributed by atoms with Crippen LogP contribution in [-0.4, -0.2) is 32.6 Å². The number of nitrogens with one attached hydrogen (secondary N) is 1. The molecule has 0 saturated carbocycles. The second kappa shape index (κ2) is 4.27. The smallest absolute Gasteiger partial charge is 0.195 e. The van der Waals surface area contributed by atoms with Crippen LogP contribution in [0.2, 0.25) is 0 Å². The summed E-state index contributed by atoms with van der Waals surface area (Å²) in [6.07, 6.45) is 2.32. The molecule has 1 aromatic heterocycles. The number of H-pyrrole nitrogens is 1. The van der Waals surface area contributed by atoms with Crippen LogP contribution in [0.3, 0.4) is 0 Å². The number of ether oxygens (including phenoxy) is 1. The lowest BCUT2D eigenvalue weighted by Crippen LogP contribution is -2.25. The third-order valence-electron chi connectivity index (χ3n) is 2.72. The first-order valence-corrected chi connectivity index (χ1v) is 5.89. The molecular formula is C10H17N3O2S. The first-order chi connectivity index (χ1) is 7.48. The number of aromatic nitrogens is 3. The monoisotopic (exact) mass is 243 g/mol. The molecule has 0 bridgehead atoms. The van der Waals surface area contributed by atoms with Crippen molar-refractivity contribution in [2.75, 3.05) is 6.61 Å². The van der Waals surface area contributed by atoms with Crippen molar-refractivity contribution in [3.05, 3.63) is 10.6 Å². The Morgan fingerprint density at radius 1 is 1.69 bits per heavy atom. The van der Waals surface area contributed by atoms with Gasteiger partial charge in [-0.2, -0.15) is 5.10 Å². The summed E-state index contributed by atoms with van der Waals surface area (Å²) in [5.41, 5.74) is -0.994. The van der Waals surface area contributed by atoms with E-state index in [1.165, 1.54) is 0 Å². The fourth-order valence-corrected chi connectivity index (χ4v) is 2.15. The van der Waals surface area contributed by atoms with Gasteiger partial charge in [0.15, 0.2) is 10.6 Å². The van der Waals surface area contributed by atoms with Gasteiger partial charge in [0.25, 0.3) is 0 Å². The molecule has 0 aliphatic carbocycles. The molecule has 0 radical (unpaired) electrons. The second-order valence-corrected chi connectivity index (χ2v) is 5.04. The van der Waals surface area contributed by atoms with E-state index in [2.05, 4.69) is 10.2 Å². The fraction of sp³-hybridized carbons (Fsp3) is 0.800. The van der Waals surface area contributed by atoms with Crippen LogP contribution in [0, 0.1) is 4.77 Å². The lowest BCUT2D eigenvalue weighted by Gasteiger charge is -2.19. The van der Waals surface area contributed by atoms with Crippen molar-refractivity contribution in [1.29, 1.82) is 0 Å². The van der Waals surface area contributed by atoms with Crippen LogP contribution in [0.25, 0.3) is 0 Å². The molecule has 0 amide bonds. The quantitative estimate of drug-likeness (QED) is 0.787. The molecule has 0 unspecified atom stereocenters. The predicted octanol–water partition coefficient (Wildman–Crippen LogP) is 1.35. The maximum atomic E-state index is 9.97. The van der Waals surface area contributed by atoms with Crippen LogP contribution in [-0.2, 0) is 16.9 Å². The Morgan fingerprint density at radius 2 is 2.44 bits per heavy atom. The van der Waals surface area contributed by atoms with Crippen molar-refractivity contribution < 1.29 is 9.84 Å². The number of rotatable bonds is 3. The van der Waals surface area contributed by atoms with Crippen LogP contribution in [0.4, 0.5) is 0 Å². The van der Waals surface area contributed by atoms with E-state index in [0.717, 1.165) is 19.4 Å². The van der Waals surface area contributed by atoms with Crippen LogP contribution in [0.1, 0.15) is 32.5 Å². The summed E-state index contributed by atoms with van der Waals surface area (Å²) in [6.45, 7) is 4.87. The summed E-state index contributed by atoms with van der Waals surface area (Å²) in [5, 5.41) is 16.8. The van der Waals surface area contributed by atoms with Gasteiger partial charge in [-0.3, -0.25) is 9.67 Å². The zero-order valence-electron chi connectivity index (χ0n) is 9.56. The summed E-state index contributed by atoms with van der Waals surface area (Å²) in [5.74, 6) is 0.563. The second-order valence-electron chi connectivity index (χ2n) is 4.66. The van der Waals surface area contributed by atoms with Crippen molar-refractivity contribution in [3.63, 3.8) is 0 Å². The topological polar surface area (TPSA) is 63.1 Å². The third kappa shape index (κ3) is 2.34. The molecule has 1 aliphatic rings. The highest BCUT2D eigenvalue weighted by atomic mass is 32.1. The molecule has 2 N–H and O–H groups in total. The van der Waals surface area contributed by atoms with Crippen molar-refractivity contribution in [2.24, 2.45) is 0 Å². The lowest BCUT2D eigenvalue weighted by atomic mass is 10.1. The number of aliphatic hydroxyl groups is 1. The van der Waals surface area contributed by atoms with Gasteiger partial charge in [0.05, 0.1) is 12.6 Å². The molecule has 0 spiro atoms. The van der Waals surface area contributed by atoms with E-state index in [4.69, 9.17) is 17.0 Å². The number of nitrogens with zero attached hydrogens (tertiary/aromatic N) is 2. The minimum Gasteiger partial charge on any atom is -0.382 e. The molecule has 5 nitrogen and oxygen atoms in total. The zero-order valence-corrected chi connectivity index (χ0v) is 10.4. The van der Waals surface area contributed by atoms with Crippen LogP contribution >= 0.6 is 12.2 Å². The van der Waals surface area contributed by atoms with Crippen molar-refractivity contribution >= 4 is 12.2 Å². The Hall–Kier alpha value is -0.720. The third-order valence-corrected chi connectivity index (χ3v) is 3.03. The highest BCUT2D eigenvalue weighted by Gasteiger charge is 2.26. The molecule has 1 aliphatic heterocycles. The largest absolute Gasteiger partial charge is 0.382 e. The average molecular weight is 243 g/mol. The van der Waals surface area contributed by atoms with E-state index in [-0.39, 0.29) is 6.10 Å². The van der Waals surface area contributed by atoms with Gasteiger partial charge in [-0.15, -0.1) is 0 Å². The standard InChI is InChI=1S/C10H17N3O2S/c1-10(2,14)8-11-12-9(16)13(8)6-7-4-3-5-15-7/h7,14H,3-6H2,1-2H3,(H,12,16)/t7-/m0/s1. The van der Waals surface area contributed by atoms with E-state index in [9.17, 15) is 5.11 Å². The average Bonchev–Trinajstić information content (AvgIpc) is 2.76. The van der Waals surface area contributed by atoms with Gasteiger partial charge in [-0.05, 0) is 38.9 Å². The van der Waals surface area contributed by atoms with Crippen molar-refractivity contribution in [1.82, 2.24) is 14.8 Å². The Labute approximate surface area is 99.4 Å². The highest BCUT2D eigenvalue weighted by molar-refractivity contribution is 7.71. The molecule has 6 heteroatoms. The van der Waals surface area contributed by atoms with Gasteiger partial charge in [0.2, 0.25) is 0 Å². The number of hydrogen-bond acceptors (Lipinski definition) is 4. The van der Waals surface area contributed by atoms with Gasteiger partial charge in [-0.1, -0.05) is 0 Å². The number of aromatic amines is 1. The molecule has 1 atom stereocenters. The minimum atomic E-state index is -0.994. The Kier molecular flexibility index (Phi) is 3.14. The summed E-state index contributed by atoms with van der Waals surface area (Å²) < 4.78 is 7.92. The Bertz CT molecular complexity index is 412. The van der Waals surface area contributed by atoms with Gasteiger partial charge in [0.1, 0.15) is 5.60 Å². The fourth-order valence-electron chi connectivity index (χ4n) is 1.95. The normalized spacial score (nSPS) is 21.6. The lowest BCUT2D eigenvalue weighted by molar-refractivity contribution is 0.0558. The first kappa shape index (κ1) is 11.8. The summed E-state index contributed by atoms with van der Waals surface area (Å²) in [7, 11) is 0. The maximum absolute atomic E-state index is 9.97. The molecule has 1 fully saturated rings. The first-order valence-electron chi connectivity index (χ1n) is 5.48. The SMILES string of the molecule is CC(C)(O)c1n[nH]c(=S)n1C[C@@H]1CCCO1. The minimum absolute atomic E-state index is 0.186. The molecule has 1 aromatic rings. The summed E-state index contributed by atoms with van der Waals surface area (Å²) in [6, 6.07) is 0. The number of hydrogen-bond donors (Lipinski definition) is 2. The van der Waals surface area contributed by atoms with E-state index in [1.807, 2.05) is 4.57 Å².